The van der Waals surface area contributed by atoms with Gasteiger partial charge < -0.3 is 0 Å². The second-order valence-corrected chi connectivity index (χ2v) is 6.23. The van der Waals surface area contributed by atoms with Crippen LogP contribution in [0.25, 0.3) is 22.8 Å². The Morgan fingerprint density at radius 1 is 0.923 bits per heavy atom. The molecule has 4 aromatic rings. The molecule has 0 amide bonds. The van der Waals surface area contributed by atoms with E-state index in [0.29, 0.717) is 11.4 Å². The Labute approximate surface area is 151 Å². The minimum absolute atomic E-state index is 0.135. The first kappa shape index (κ1) is 16.0. The first-order valence-corrected chi connectivity index (χ1v) is 8.41. The van der Waals surface area contributed by atoms with Crippen LogP contribution in [0.15, 0.2) is 77.9 Å². The number of hydrogen-bond donors (Lipinski definition) is 0. The zero-order valence-corrected chi connectivity index (χ0v) is 14.6. The molecule has 0 radical (unpaired) electrons. The van der Waals surface area contributed by atoms with Crippen molar-refractivity contribution in [3.63, 3.8) is 0 Å². The van der Waals surface area contributed by atoms with Gasteiger partial charge in [0, 0.05) is 12.3 Å². The number of para-hydroxylation sites is 1. The van der Waals surface area contributed by atoms with E-state index in [2.05, 4.69) is 10.2 Å². The maximum Gasteiger partial charge on any atom is 0.209 e. The minimum Gasteiger partial charge on any atom is -0.287 e. The summed E-state index contributed by atoms with van der Waals surface area (Å²) in [4.78, 5) is 12.5. The van der Waals surface area contributed by atoms with Crippen molar-refractivity contribution < 1.29 is 0 Å². The van der Waals surface area contributed by atoms with Crippen LogP contribution in [0.1, 0.15) is 11.1 Å². The van der Waals surface area contributed by atoms with Crippen molar-refractivity contribution in [2.24, 2.45) is 0 Å². The van der Waals surface area contributed by atoms with Gasteiger partial charge in [-0.05, 0) is 49.2 Å². The number of nitrogens with zero attached hydrogens (tertiary/aromatic N) is 4. The van der Waals surface area contributed by atoms with E-state index in [4.69, 9.17) is 0 Å². The van der Waals surface area contributed by atoms with E-state index in [9.17, 15) is 4.79 Å². The van der Waals surface area contributed by atoms with E-state index in [1.807, 2.05) is 68.4 Å². The summed E-state index contributed by atoms with van der Waals surface area (Å²) < 4.78 is 3.48. The molecular formula is C21H18N4O. The monoisotopic (exact) mass is 342 g/mol. The summed E-state index contributed by atoms with van der Waals surface area (Å²) in [5.74, 6) is 0. The van der Waals surface area contributed by atoms with Gasteiger partial charge in [0.15, 0.2) is 5.69 Å². The molecule has 0 saturated carbocycles. The van der Waals surface area contributed by atoms with Crippen molar-refractivity contribution in [1.82, 2.24) is 19.6 Å². The SMILES string of the molecule is Cc1cccc(-n2ccc(=O)c(-c3ccnn3-c3ccccc3C)n2)c1. The van der Waals surface area contributed by atoms with Gasteiger partial charge in [0.25, 0.3) is 0 Å². The van der Waals surface area contributed by atoms with E-state index in [1.165, 1.54) is 0 Å². The summed E-state index contributed by atoms with van der Waals surface area (Å²) in [5, 5.41) is 9.00. The van der Waals surface area contributed by atoms with E-state index in [-0.39, 0.29) is 5.43 Å². The molecule has 0 bridgehead atoms. The molecule has 0 atom stereocenters. The van der Waals surface area contributed by atoms with Gasteiger partial charge in [-0.3, -0.25) is 4.79 Å². The highest BCUT2D eigenvalue weighted by Crippen LogP contribution is 2.21. The predicted molar refractivity (Wildman–Crippen MR) is 102 cm³/mol. The first-order valence-electron chi connectivity index (χ1n) is 8.41. The van der Waals surface area contributed by atoms with Gasteiger partial charge >= 0.3 is 0 Å². The normalized spacial score (nSPS) is 10.8. The Kier molecular flexibility index (Phi) is 3.97. The van der Waals surface area contributed by atoms with E-state index in [0.717, 1.165) is 22.5 Å². The molecule has 2 aromatic carbocycles. The second-order valence-electron chi connectivity index (χ2n) is 6.23. The van der Waals surface area contributed by atoms with Crippen LogP contribution >= 0.6 is 0 Å². The van der Waals surface area contributed by atoms with Crippen molar-refractivity contribution >= 4 is 0 Å². The van der Waals surface area contributed by atoms with Crippen LogP contribution in [0.4, 0.5) is 0 Å². The van der Waals surface area contributed by atoms with Crippen molar-refractivity contribution in [2.45, 2.75) is 13.8 Å². The van der Waals surface area contributed by atoms with Crippen LogP contribution < -0.4 is 5.43 Å². The summed E-state index contributed by atoms with van der Waals surface area (Å²) in [6, 6.07) is 19.3. The molecule has 4 rings (SSSR count). The third-order valence-electron chi connectivity index (χ3n) is 4.30. The summed E-state index contributed by atoms with van der Waals surface area (Å²) >= 11 is 0. The average molecular weight is 342 g/mol. The number of benzene rings is 2. The lowest BCUT2D eigenvalue weighted by Gasteiger charge is -2.11. The van der Waals surface area contributed by atoms with Gasteiger partial charge in [0.2, 0.25) is 5.43 Å². The van der Waals surface area contributed by atoms with Crippen LogP contribution in [0.2, 0.25) is 0 Å². The summed E-state index contributed by atoms with van der Waals surface area (Å²) in [6.45, 7) is 4.05. The fraction of sp³-hybridized carbons (Fsp3) is 0.0952. The maximum atomic E-state index is 12.5. The Balaban J connectivity index is 1.88. The number of hydrogen-bond acceptors (Lipinski definition) is 3. The molecule has 5 heteroatoms. The second kappa shape index (κ2) is 6.44. The largest absolute Gasteiger partial charge is 0.287 e. The molecule has 0 saturated heterocycles. The third-order valence-corrected chi connectivity index (χ3v) is 4.30. The molecule has 2 aromatic heterocycles. The smallest absolute Gasteiger partial charge is 0.209 e. The van der Waals surface area contributed by atoms with Gasteiger partial charge in [-0.25, -0.2) is 9.36 Å². The van der Waals surface area contributed by atoms with E-state index in [1.54, 1.807) is 27.8 Å². The molecular weight excluding hydrogens is 324 g/mol. The lowest BCUT2D eigenvalue weighted by molar-refractivity contribution is 0.820. The molecule has 0 aliphatic rings. The van der Waals surface area contributed by atoms with Gasteiger partial charge in [0.05, 0.1) is 23.3 Å². The molecule has 5 nitrogen and oxygen atoms in total. The lowest BCUT2D eigenvalue weighted by atomic mass is 10.2. The quantitative estimate of drug-likeness (QED) is 0.570. The van der Waals surface area contributed by atoms with Gasteiger partial charge in [-0.15, -0.1) is 0 Å². The molecule has 26 heavy (non-hydrogen) atoms. The number of aryl methyl sites for hydroxylation is 2. The highest BCUT2D eigenvalue weighted by molar-refractivity contribution is 5.58. The third kappa shape index (κ3) is 2.84. The zero-order valence-electron chi connectivity index (χ0n) is 14.6. The Morgan fingerprint density at radius 3 is 2.58 bits per heavy atom. The standard InChI is InChI=1S/C21H18N4O/c1-15-6-5-8-17(14-15)24-13-11-20(26)21(23-24)19-10-12-22-25(19)18-9-4-3-7-16(18)2/h3-14H,1-2H3. The Hall–Kier alpha value is -3.47. The molecule has 0 aliphatic carbocycles. The molecule has 0 spiro atoms. The highest BCUT2D eigenvalue weighted by atomic mass is 16.1. The van der Waals surface area contributed by atoms with Gasteiger partial charge in [-0.2, -0.15) is 10.2 Å². The predicted octanol–water partition coefficient (Wildman–Crippen LogP) is 3.70. The van der Waals surface area contributed by atoms with Crippen LogP contribution in [0, 0.1) is 13.8 Å². The summed E-state index contributed by atoms with van der Waals surface area (Å²) in [5.41, 5.74) is 4.96. The molecule has 0 unspecified atom stereocenters. The average Bonchev–Trinajstić information content (AvgIpc) is 3.12. The topological polar surface area (TPSA) is 52.7 Å². The summed E-state index contributed by atoms with van der Waals surface area (Å²) in [6.07, 6.45) is 3.38. The van der Waals surface area contributed by atoms with Crippen LogP contribution in [0.3, 0.4) is 0 Å². The fourth-order valence-electron chi connectivity index (χ4n) is 2.97. The molecule has 2 heterocycles. The van der Waals surface area contributed by atoms with Gasteiger partial charge in [-0.1, -0.05) is 30.3 Å². The molecule has 0 fully saturated rings. The van der Waals surface area contributed by atoms with E-state index >= 15 is 0 Å². The number of rotatable bonds is 3. The van der Waals surface area contributed by atoms with Gasteiger partial charge in [0.1, 0.15) is 0 Å². The van der Waals surface area contributed by atoms with Crippen molar-refractivity contribution in [3.05, 3.63) is 94.4 Å². The van der Waals surface area contributed by atoms with Crippen molar-refractivity contribution in [1.29, 1.82) is 0 Å². The van der Waals surface area contributed by atoms with Crippen LogP contribution in [-0.2, 0) is 0 Å². The molecule has 128 valence electrons. The van der Waals surface area contributed by atoms with Crippen molar-refractivity contribution in [2.75, 3.05) is 0 Å². The molecule has 0 aliphatic heterocycles. The lowest BCUT2D eigenvalue weighted by Crippen LogP contribution is -2.15. The van der Waals surface area contributed by atoms with Crippen molar-refractivity contribution in [3.8, 4) is 22.8 Å². The Bertz CT molecular complexity index is 1140. The van der Waals surface area contributed by atoms with E-state index < -0.39 is 0 Å². The number of aromatic nitrogens is 4. The zero-order chi connectivity index (χ0) is 18.1. The summed E-state index contributed by atoms with van der Waals surface area (Å²) in [7, 11) is 0. The minimum atomic E-state index is -0.135. The first-order chi connectivity index (χ1) is 12.6. The van der Waals surface area contributed by atoms with Crippen LogP contribution in [-0.4, -0.2) is 19.6 Å². The maximum absolute atomic E-state index is 12.5. The fourth-order valence-corrected chi connectivity index (χ4v) is 2.97. The van der Waals surface area contributed by atoms with Crippen LogP contribution in [0.5, 0.6) is 0 Å². The Morgan fingerprint density at radius 2 is 1.77 bits per heavy atom. The highest BCUT2D eigenvalue weighted by Gasteiger charge is 2.14. The molecule has 0 N–H and O–H groups in total.